The summed E-state index contributed by atoms with van der Waals surface area (Å²) in [6.07, 6.45) is 0. The van der Waals surface area contributed by atoms with Crippen LogP contribution in [0.15, 0.2) is 12.1 Å². The quantitative estimate of drug-likeness (QED) is 0.836. The van der Waals surface area contributed by atoms with Crippen LogP contribution >= 0.6 is 10.7 Å². The fraction of sp³-hybridized carbons (Fsp3) is 0.333. The Kier molecular flexibility index (Phi) is 3.88. The van der Waals surface area contributed by atoms with Gasteiger partial charge in [0.25, 0.3) is 0 Å². The zero-order chi connectivity index (χ0) is 12.3. The molecule has 0 aromatic heterocycles. The lowest BCUT2D eigenvalue weighted by atomic mass is 10.2. The van der Waals surface area contributed by atoms with E-state index in [0.29, 0.717) is 11.5 Å². The average Bonchev–Trinajstić information content (AvgIpc) is 2.18. The molecule has 1 aromatic rings. The Bertz CT molecular complexity index is 483. The molecule has 1 aromatic carbocycles. The molecule has 0 saturated carbocycles. The van der Waals surface area contributed by atoms with Gasteiger partial charge in [0.15, 0.2) is 11.5 Å². The molecule has 0 fully saturated rings. The largest absolute Gasteiger partial charge is 0.507 e. The van der Waals surface area contributed by atoms with Crippen LogP contribution in [0.25, 0.3) is 0 Å². The van der Waals surface area contributed by atoms with Crippen molar-refractivity contribution in [2.45, 2.75) is 5.75 Å². The van der Waals surface area contributed by atoms with Gasteiger partial charge in [0, 0.05) is 22.3 Å². The SMILES string of the molecule is COc1cc(O)c(CS(=O)(=O)Cl)cc1OC. The number of halogens is 1. The van der Waals surface area contributed by atoms with Gasteiger partial charge in [0.05, 0.1) is 20.0 Å². The second-order valence-corrected chi connectivity index (χ2v) is 5.80. The van der Waals surface area contributed by atoms with E-state index in [1.807, 2.05) is 0 Å². The van der Waals surface area contributed by atoms with Crippen LogP contribution in [0.2, 0.25) is 0 Å². The number of aromatic hydroxyl groups is 1. The normalized spacial score (nSPS) is 11.2. The number of rotatable bonds is 4. The molecule has 1 N–H and O–H groups in total. The van der Waals surface area contributed by atoms with Crippen LogP contribution in [0, 0.1) is 0 Å². The first-order chi connectivity index (χ1) is 7.37. The maximum atomic E-state index is 10.9. The van der Waals surface area contributed by atoms with Gasteiger partial charge in [-0.2, -0.15) is 0 Å². The molecule has 0 heterocycles. The van der Waals surface area contributed by atoms with Gasteiger partial charge in [0.1, 0.15) is 5.75 Å². The molecule has 0 aliphatic heterocycles. The van der Waals surface area contributed by atoms with Crippen molar-refractivity contribution in [3.8, 4) is 17.2 Å². The Hall–Kier alpha value is -1.14. The number of benzene rings is 1. The minimum Gasteiger partial charge on any atom is -0.507 e. The lowest BCUT2D eigenvalue weighted by molar-refractivity contribution is 0.350. The van der Waals surface area contributed by atoms with Crippen LogP contribution in [0.1, 0.15) is 5.56 Å². The highest BCUT2D eigenvalue weighted by Gasteiger charge is 2.15. The Morgan fingerprint density at radius 2 is 1.75 bits per heavy atom. The summed E-state index contributed by atoms with van der Waals surface area (Å²) in [6.45, 7) is 0. The van der Waals surface area contributed by atoms with Crippen molar-refractivity contribution in [1.29, 1.82) is 0 Å². The third kappa shape index (κ3) is 3.18. The van der Waals surface area contributed by atoms with Gasteiger partial charge in [-0.25, -0.2) is 8.42 Å². The molecule has 0 amide bonds. The number of phenolic OH excluding ortho intramolecular Hbond substituents is 1. The first-order valence-electron chi connectivity index (χ1n) is 4.23. The zero-order valence-corrected chi connectivity index (χ0v) is 10.3. The second kappa shape index (κ2) is 4.80. The Morgan fingerprint density at radius 1 is 1.25 bits per heavy atom. The van der Waals surface area contributed by atoms with E-state index in [2.05, 4.69) is 0 Å². The van der Waals surface area contributed by atoms with Crippen LogP contribution in [-0.2, 0) is 14.8 Å². The number of hydrogen-bond donors (Lipinski definition) is 1. The van der Waals surface area contributed by atoms with E-state index in [9.17, 15) is 13.5 Å². The van der Waals surface area contributed by atoms with Crippen LogP contribution in [-0.4, -0.2) is 27.7 Å². The van der Waals surface area contributed by atoms with E-state index in [1.165, 1.54) is 26.4 Å². The monoisotopic (exact) mass is 266 g/mol. The fourth-order valence-electron chi connectivity index (χ4n) is 1.21. The summed E-state index contributed by atoms with van der Waals surface area (Å²) in [4.78, 5) is 0. The number of hydrogen-bond acceptors (Lipinski definition) is 5. The fourth-order valence-corrected chi connectivity index (χ4v) is 2.17. The highest BCUT2D eigenvalue weighted by Crippen LogP contribution is 2.35. The Labute approximate surface area is 98.0 Å². The number of ether oxygens (including phenoxy) is 2. The lowest BCUT2D eigenvalue weighted by Crippen LogP contribution is -1.98. The van der Waals surface area contributed by atoms with Crippen LogP contribution in [0.4, 0.5) is 0 Å². The maximum absolute atomic E-state index is 10.9. The van der Waals surface area contributed by atoms with Gasteiger partial charge in [0.2, 0.25) is 9.05 Å². The van der Waals surface area contributed by atoms with Crippen molar-refractivity contribution >= 4 is 19.7 Å². The van der Waals surface area contributed by atoms with E-state index < -0.39 is 14.8 Å². The summed E-state index contributed by atoms with van der Waals surface area (Å²) >= 11 is 0. The highest BCUT2D eigenvalue weighted by molar-refractivity contribution is 8.13. The molecule has 5 nitrogen and oxygen atoms in total. The minimum atomic E-state index is -3.73. The third-order valence-electron chi connectivity index (χ3n) is 1.91. The number of phenols is 1. The van der Waals surface area contributed by atoms with Gasteiger partial charge in [-0.15, -0.1) is 0 Å². The first kappa shape index (κ1) is 12.9. The molecular formula is C9H11ClO5S. The molecule has 0 bridgehead atoms. The summed E-state index contributed by atoms with van der Waals surface area (Å²) in [5, 5.41) is 9.55. The summed E-state index contributed by atoms with van der Waals surface area (Å²) in [7, 11) is 4.19. The molecule has 16 heavy (non-hydrogen) atoms. The standard InChI is InChI=1S/C9H11ClO5S/c1-14-8-3-6(5-16(10,12)13)7(11)4-9(8)15-2/h3-4,11H,5H2,1-2H3. The molecule has 0 radical (unpaired) electrons. The lowest BCUT2D eigenvalue weighted by Gasteiger charge is -2.10. The van der Waals surface area contributed by atoms with Gasteiger partial charge < -0.3 is 14.6 Å². The summed E-state index contributed by atoms with van der Waals surface area (Å²) < 4.78 is 31.7. The van der Waals surface area contributed by atoms with Crippen molar-refractivity contribution in [1.82, 2.24) is 0 Å². The van der Waals surface area contributed by atoms with E-state index in [-0.39, 0.29) is 11.3 Å². The maximum Gasteiger partial charge on any atom is 0.236 e. The van der Waals surface area contributed by atoms with Crippen LogP contribution in [0.3, 0.4) is 0 Å². The van der Waals surface area contributed by atoms with Crippen molar-refractivity contribution in [3.05, 3.63) is 17.7 Å². The summed E-state index contributed by atoms with van der Waals surface area (Å²) in [6, 6.07) is 2.64. The minimum absolute atomic E-state index is 0.160. The van der Waals surface area contributed by atoms with E-state index in [1.54, 1.807) is 0 Å². The predicted octanol–water partition coefficient (Wildman–Crippen LogP) is 1.48. The third-order valence-corrected chi connectivity index (χ3v) is 2.90. The Balaban J connectivity index is 3.21. The zero-order valence-electron chi connectivity index (χ0n) is 8.73. The molecule has 0 saturated heterocycles. The van der Waals surface area contributed by atoms with Crippen molar-refractivity contribution in [2.24, 2.45) is 0 Å². The van der Waals surface area contributed by atoms with Gasteiger partial charge in [-0.05, 0) is 6.07 Å². The topological polar surface area (TPSA) is 72.8 Å². The molecule has 1 rings (SSSR count). The van der Waals surface area contributed by atoms with Crippen molar-refractivity contribution < 1.29 is 23.0 Å². The molecule has 0 spiro atoms. The smallest absolute Gasteiger partial charge is 0.236 e. The van der Waals surface area contributed by atoms with E-state index in [4.69, 9.17) is 20.2 Å². The van der Waals surface area contributed by atoms with Gasteiger partial charge >= 0.3 is 0 Å². The molecular weight excluding hydrogens is 256 g/mol. The summed E-state index contributed by atoms with van der Waals surface area (Å²) in [5.41, 5.74) is 0.160. The molecule has 0 aliphatic carbocycles. The van der Waals surface area contributed by atoms with Crippen LogP contribution < -0.4 is 9.47 Å². The van der Waals surface area contributed by atoms with Crippen molar-refractivity contribution in [2.75, 3.05) is 14.2 Å². The molecule has 0 aliphatic rings. The Morgan fingerprint density at radius 3 is 2.19 bits per heavy atom. The summed E-state index contributed by atoms with van der Waals surface area (Å²) in [5.74, 6) is -0.0333. The first-order valence-corrected chi connectivity index (χ1v) is 6.71. The predicted molar refractivity (Wildman–Crippen MR) is 59.7 cm³/mol. The second-order valence-electron chi connectivity index (χ2n) is 3.02. The van der Waals surface area contributed by atoms with Crippen molar-refractivity contribution in [3.63, 3.8) is 0 Å². The van der Waals surface area contributed by atoms with Gasteiger partial charge in [-0.3, -0.25) is 0 Å². The number of methoxy groups -OCH3 is 2. The van der Waals surface area contributed by atoms with Gasteiger partial charge in [-0.1, -0.05) is 0 Å². The van der Waals surface area contributed by atoms with E-state index in [0.717, 1.165) is 0 Å². The average molecular weight is 267 g/mol. The highest BCUT2D eigenvalue weighted by atomic mass is 35.7. The molecule has 7 heteroatoms. The molecule has 0 unspecified atom stereocenters. The molecule has 90 valence electrons. The molecule has 0 atom stereocenters. The van der Waals surface area contributed by atoms with Crippen LogP contribution in [0.5, 0.6) is 17.2 Å². The van der Waals surface area contributed by atoms with E-state index >= 15 is 0 Å².